The van der Waals surface area contributed by atoms with Crippen molar-refractivity contribution in [1.82, 2.24) is 10.2 Å². The Labute approximate surface area is 286 Å². The summed E-state index contributed by atoms with van der Waals surface area (Å²) in [7, 11) is -4.25. The average Bonchev–Trinajstić information content (AvgIpc) is 3.06. The second kappa shape index (κ2) is 16.6. The third-order valence-corrected chi connectivity index (χ3v) is 10.1. The number of aryl methyl sites for hydroxylation is 1. The van der Waals surface area contributed by atoms with Gasteiger partial charge in [0, 0.05) is 23.5 Å². The minimum atomic E-state index is -4.25. The zero-order chi connectivity index (χ0) is 34.0. The number of halogens is 1. The highest BCUT2D eigenvalue weighted by molar-refractivity contribution is 9.10. The number of nitrogens with one attached hydrogen (secondary N) is 1. The Bertz CT molecular complexity index is 1750. The van der Waals surface area contributed by atoms with Crippen LogP contribution in [0.25, 0.3) is 0 Å². The van der Waals surface area contributed by atoms with Gasteiger partial charge in [0.15, 0.2) is 0 Å². The Balaban J connectivity index is 1.84. The standard InChI is InChI=1S/C37H42BrN3O5S/c1-5-28(4)39-37(43)34(24-29-13-8-7-9-14-29)40(25-30-15-12-16-31(38)23-30)36(42)26-41(33-17-10-11-18-35(33)46-6-2)47(44,45)32-21-19-27(3)20-22-32/h7-23,28,34H,5-6,24-26H2,1-4H3,(H,39,43)/t28-,34+/m0/s1. The molecule has 8 nitrogen and oxygen atoms in total. The zero-order valence-electron chi connectivity index (χ0n) is 27.2. The van der Waals surface area contributed by atoms with Crippen molar-refractivity contribution in [3.63, 3.8) is 0 Å². The van der Waals surface area contributed by atoms with E-state index in [-0.39, 0.29) is 35.5 Å². The van der Waals surface area contributed by atoms with Gasteiger partial charge < -0.3 is 15.0 Å². The van der Waals surface area contributed by atoms with E-state index in [9.17, 15) is 18.0 Å². The maximum absolute atomic E-state index is 14.7. The summed E-state index contributed by atoms with van der Waals surface area (Å²) < 4.78 is 36.5. The lowest BCUT2D eigenvalue weighted by Crippen LogP contribution is -2.54. The van der Waals surface area contributed by atoms with E-state index in [0.29, 0.717) is 18.8 Å². The minimum Gasteiger partial charge on any atom is -0.492 e. The monoisotopic (exact) mass is 719 g/mol. The molecule has 4 aromatic rings. The molecular formula is C37H42BrN3O5S. The largest absolute Gasteiger partial charge is 0.492 e. The second-order valence-corrected chi connectivity index (χ2v) is 14.2. The van der Waals surface area contributed by atoms with E-state index < -0.39 is 28.5 Å². The summed E-state index contributed by atoms with van der Waals surface area (Å²) in [6, 6.07) is 29.2. The maximum atomic E-state index is 14.7. The number of amides is 2. The molecule has 47 heavy (non-hydrogen) atoms. The second-order valence-electron chi connectivity index (χ2n) is 11.4. The van der Waals surface area contributed by atoms with Crippen molar-refractivity contribution in [3.05, 3.63) is 124 Å². The van der Waals surface area contributed by atoms with Crippen LogP contribution in [0.15, 0.2) is 112 Å². The first-order valence-electron chi connectivity index (χ1n) is 15.7. The highest BCUT2D eigenvalue weighted by atomic mass is 79.9. The van der Waals surface area contributed by atoms with E-state index in [1.807, 2.05) is 82.3 Å². The average molecular weight is 721 g/mol. The van der Waals surface area contributed by atoms with E-state index in [2.05, 4.69) is 21.2 Å². The van der Waals surface area contributed by atoms with Crippen LogP contribution in [0.1, 0.15) is 43.9 Å². The van der Waals surface area contributed by atoms with Crippen molar-refractivity contribution < 1.29 is 22.7 Å². The molecule has 4 rings (SSSR count). The van der Waals surface area contributed by atoms with Crippen LogP contribution in [0.4, 0.5) is 5.69 Å². The van der Waals surface area contributed by atoms with Gasteiger partial charge in [0.2, 0.25) is 11.8 Å². The number of hydrogen-bond donors (Lipinski definition) is 1. The molecule has 0 aliphatic carbocycles. The van der Waals surface area contributed by atoms with Crippen molar-refractivity contribution in [1.29, 1.82) is 0 Å². The molecule has 248 valence electrons. The van der Waals surface area contributed by atoms with E-state index in [0.717, 1.165) is 25.5 Å². The summed E-state index contributed by atoms with van der Waals surface area (Å²) in [6.45, 7) is 7.40. The van der Waals surface area contributed by atoms with Gasteiger partial charge in [-0.05, 0) is 74.7 Å². The van der Waals surface area contributed by atoms with Crippen molar-refractivity contribution in [2.24, 2.45) is 0 Å². The summed E-state index contributed by atoms with van der Waals surface area (Å²) >= 11 is 3.52. The number of carbonyl (C=O) groups excluding carboxylic acids is 2. The highest BCUT2D eigenvalue weighted by Crippen LogP contribution is 2.33. The molecule has 1 N–H and O–H groups in total. The number of rotatable bonds is 15. The third kappa shape index (κ3) is 9.45. The zero-order valence-corrected chi connectivity index (χ0v) is 29.6. The quantitative estimate of drug-likeness (QED) is 0.144. The van der Waals surface area contributed by atoms with Gasteiger partial charge in [-0.15, -0.1) is 0 Å². The Hall–Kier alpha value is -4.15. The van der Waals surface area contributed by atoms with Gasteiger partial charge in [-0.1, -0.05) is 95.1 Å². The van der Waals surface area contributed by atoms with Gasteiger partial charge in [-0.2, -0.15) is 0 Å². The van der Waals surface area contributed by atoms with E-state index >= 15 is 0 Å². The fourth-order valence-corrected chi connectivity index (χ4v) is 6.99. The van der Waals surface area contributed by atoms with Crippen LogP contribution in [-0.2, 0) is 32.6 Å². The smallest absolute Gasteiger partial charge is 0.264 e. The van der Waals surface area contributed by atoms with Gasteiger partial charge in [0.1, 0.15) is 18.3 Å². The number of nitrogens with zero attached hydrogens (tertiary/aromatic N) is 2. The van der Waals surface area contributed by atoms with Crippen LogP contribution in [-0.4, -0.2) is 50.4 Å². The van der Waals surface area contributed by atoms with Crippen LogP contribution in [0.2, 0.25) is 0 Å². The molecule has 2 atom stereocenters. The Morgan fingerprint density at radius 1 is 0.872 bits per heavy atom. The van der Waals surface area contributed by atoms with Crippen LogP contribution in [0, 0.1) is 6.92 Å². The Morgan fingerprint density at radius 2 is 1.53 bits per heavy atom. The summed E-state index contributed by atoms with van der Waals surface area (Å²) in [5.41, 5.74) is 2.78. The summed E-state index contributed by atoms with van der Waals surface area (Å²) in [6.07, 6.45) is 0.948. The van der Waals surface area contributed by atoms with E-state index in [1.54, 1.807) is 36.4 Å². The number of anilines is 1. The number of benzene rings is 4. The first kappa shape index (κ1) is 35.7. The predicted octanol–water partition coefficient (Wildman–Crippen LogP) is 6.91. The number of ether oxygens (including phenoxy) is 1. The fraction of sp³-hybridized carbons (Fsp3) is 0.297. The van der Waals surface area contributed by atoms with Crippen LogP contribution >= 0.6 is 15.9 Å². The summed E-state index contributed by atoms with van der Waals surface area (Å²) in [5, 5.41) is 3.06. The molecule has 2 amide bonds. The topological polar surface area (TPSA) is 96.0 Å². The molecule has 0 radical (unpaired) electrons. The summed E-state index contributed by atoms with van der Waals surface area (Å²) in [5.74, 6) is -0.520. The van der Waals surface area contributed by atoms with Crippen molar-refractivity contribution in [2.45, 2.75) is 64.1 Å². The molecule has 0 bridgehead atoms. The molecule has 0 heterocycles. The van der Waals surface area contributed by atoms with E-state index in [1.165, 1.54) is 17.0 Å². The third-order valence-electron chi connectivity index (χ3n) is 7.84. The predicted molar refractivity (Wildman–Crippen MR) is 190 cm³/mol. The van der Waals surface area contributed by atoms with Crippen LogP contribution in [0.5, 0.6) is 5.75 Å². The Morgan fingerprint density at radius 3 is 2.19 bits per heavy atom. The van der Waals surface area contributed by atoms with Crippen molar-refractivity contribution >= 4 is 43.5 Å². The van der Waals surface area contributed by atoms with Gasteiger partial charge >= 0.3 is 0 Å². The molecule has 0 aliphatic rings. The normalized spacial score (nSPS) is 12.5. The molecule has 10 heteroatoms. The van der Waals surface area contributed by atoms with Gasteiger partial charge in [-0.3, -0.25) is 13.9 Å². The SMILES string of the molecule is CCOc1ccccc1N(CC(=O)N(Cc1cccc(Br)c1)[C@H](Cc1ccccc1)C(=O)N[C@@H](C)CC)S(=O)(=O)c1ccc(C)cc1. The molecule has 0 spiro atoms. The summed E-state index contributed by atoms with van der Waals surface area (Å²) in [4.78, 5) is 30.2. The molecule has 0 aromatic heterocycles. The molecule has 0 saturated carbocycles. The molecule has 0 fully saturated rings. The lowest BCUT2D eigenvalue weighted by atomic mass is 10.0. The fourth-order valence-electron chi connectivity index (χ4n) is 5.12. The van der Waals surface area contributed by atoms with Gasteiger partial charge in [-0.25, -0.2) is 8.42 Å². The van der Waals surface area contributed by atoms with Gasteiger partial charge in [0.05, 0.1) is 17.2 Å². The first-order valence-corrected chi connectivity index (χ1v) is 18.0. The van der Waals surface area contributed by atoms with Crippen molar-refractivity contribution in [3.8, 4) is 5.75 Å². The first-order chi connectivity index (χ1) is 22.5. The Kier molecular flexibility index (Phi) is 12.6. The van der Waals surface area contributed by atoms with Crippen LogP contribution < -0.4 is 14.4 Å². The molecule has 4 aromatic carbocycles. The molecule has 0 saturated heterocycles. The molecule has 0 unspecified atom stereocenters. The lowest BCUT2D eigenvalue weighted by Gasteiger charge is -2.34. The lowest BCUT2D eigenvalue weighted by molar-refractivity contribution is -0.140. The minimum absolute atomic E-state index is 0.0380. The number of carbonyl (C=O) groups is 2. The number of hydrogen-bond acceptors (Lipinski definition) is 5. The number of sulfonamides is 1. The molecular weight excluding hydrogens is 678 g/mol. The van der Waals surface area contributed by atoms with E-state index in [4.69, 9.17) is 4.74 Å². The molecule has 0 aliphatic heterocycles. The van der Waals surface area contributed by atoms with Gasteiger partial charge in [0.25, 0.3) is 10.0 Å². The highest BCUT2D eigenvalue weighted by Gasteiger charge is 2.35. The number of para-hydroxylation sites is 2. The maximum Gasteiger partial charge on any atom is 0.264 e. The van der Waals surface area contributed by atoms with Crippen molar-refractivity contribution in [2.75, 3.05) is 17.5 Å². The van der Waals surface area contributed by atoms with Crippen LogP contribution in [0.3, 0.4) is 0 Å².